The fourth-order valence-corrected chi connectivity index (χ4v) is 4.70. The van der Waals surface area contributed by atoms with Crippen LogP contribution in [0.3, 0.4) is 0 Å². The third-order valence-electron chi connectivity index (χ3n) is 5.30. The highest BCUT2D eigenvalue weighted by atomic mass is 32.2. The zero-order valence-corrected chi connectivity index (χ0v) is 19.0. The predicted octanol–water partition coefficient (Wildman–Crippen LogP) is 7.67. The molecular weight excluding hydrogens is 386 g/mol. The van der Waals surface area contributed by atoms with Gasteiger partial charge in [0.25, 0.3) is 0 Å². The van der Waals surface area contributed by atoms with Gasteiger partial charge in [0.1, 0.15) is 0 Å². The molecule has 2 nitrogen and oxygen atoms in total. The molecule has 0 radical (unpaired) electrons. The van der Waals surface area contributed by atoms with Crippen LogP contribution in [0.15, 0.2) is 76.6 Å². The number of benzene rings is 2. The Morgan fingerprint density at radius 3 is 2.63 bits per heavy atom. The van der Waals surface area contributed by atoms with E-state index in [0.29, 0.717) is 0 Å². The number of carbonyl (C=O) groups excluding carboxylic acids is 1. The van der Waals surface area contributed by atoms with Gasteiger partial charge >= 0.3 is 0 Å². The van der Waals surface area contributed by atoms with Crippen molar-refractivity contribution < 1.29 is 4.79 Å². The number of anilines is 1. The van der Waals surface area contributed by atoms with E-state index in [-0.39, 0.29) is 5.91 Å². The molecule has 0 spiro atoms. The third kappa shape index (κ3) is 6.77. The molecular formula is C27H31NOS. The minimum absolute atomic E-state index is 0.0404. The van der Waals surface area contributed by atoms with Gasteiger partial charge in [0, 0.05) is 12.6 Å². The molecule has 30 heavy (non-hydrogen) atoms. The van der Waals surface area contributed by atoms with Gasteiger partial charge in [-0.1, -0.05) is 66.4 Å². The minimum Gasteiger partial charge on any atom is -0.326 e. The molecule has 2 aromatic carbocycles. The maximum Gasteiger partial charge on any atom is 0.221 e. The topological polar surface area (TPSA) is 29.1 Å². The van der Waals surface area contributed by atoms with Gasteiger partial charge in [-0.05, 0) is 90.2 Å². The number of aryl methyl sites for hydroxylation is 2. The van der Waals surface area contributed by atoms with Crippen molar-refractivity contribution in [1.29, 1.82) is 0 Å². The molecule has 0 atom stereocenters. The standard InChI is InChI=1S/C27H31NOS/c1-20-9-4-5-11-23(20)12-8-16-27-18-17-24(13-6-10-21(2)30-27)25-14-7-15-26(19-25)28-22(3)29/h4-5,7,9-11,13-15,18-19H,6,8,12,16-17H2,1-3H3,(H,28,29). The van der Waals surface area contributed by atoms with Crippen LogP contribution in [0.2, 0.25) is 0 Å². The number of amides is 1. The second-order valence-corrected chi connectivity index (χ2v) is 9.17. The number of allylic oxidation sites excluding steroid dienone is 6. The van der Waals surface area contributed by atoms with Crippen molar-refractivity contribution in [2.75, 3.05) is 5.32 Å². The molecule has 2 aromatic rings. The van der Waals surface area contributed by atoms with E-state index in [9.17, 15) is 4.79 Å². The number of thioether (sulfide) groups is 1. The number of rotatable bonds is 6. The molecule has 1 heterocycles. The van der Waals surface area contributed by atoms with Gasteiger partial charge in [-0.15, -0.1) is 0 Å². The van der Waals surface area contributed by atoms with Gasteiger partial charge in [-0.3, -0.25) is 4.79 Å². The Morgan fingerprint density at radius 2 is 1.83 bits per heavy atom. The van der Waals surface area contributed by atoms with E-state index in [1.807, 2.05) is 23.9 Å². The first-order valence-corrected chi connectivity index (χ1v) is 11.5. The maximum absolute atomic E-state index is 11.4. The highest BCUT2D eigenvalue weighted by Crippen LogP contribution is 2.33. The summed E-state index contributed by atoms with van der Waals surface area (Å²) in [5.74, 6) is -0.0404. The Hall–Kier alpha value is -2.52. The second kappa shape index (κ2) is 11.0. The summed E-state index contributed by atoms with van der Waals surface area (Å²) in [6.07, 6.45) is 12.2. The van der Waals surface area contributed by atoms with Gasteiger partial charge in [-0.2, -0.15) is 0 Å². The molecule has 0 saturated heterocycles. The van der Waals surface area contributed by atoms with Crippen molar-refractivity contribution >= 4 is 28.9 Å². The predicted molar refractivity (Wildman–Crippen MR) is 132 cm³/mol. The van der Waals surface area contributed by atoms with Gasteiger partial charge in [0.05, 0.1) is 0 Å². The molecule has 156 valence electrons. The Balaban J connectivity index is 1.71. The van der Waals surface area contributed by atoms with Crippen LogP contribution < -0.4 is 5.32 Å². The Morgan fingerprint density at radius 1 is 1.00 bits per heavy atom. The van der Waals surface area contributed by atoms with Crippen molar-refractivity contribution in [3.8, 4) is 0 Å². The van der Waals surface area contributed by atoms with Crippen molar-refractivity contribution in [1.82, 2.24) is 0 Å². The molecule has 0 unspecified atom stereocenters. The molecule has 0 aromatic heterocycles. The summed E-state index contributed by atoms with van der Waals surface area (Å²) < 4.78 is 0. The van der Waals surface area contributed by atoms with Crippen molar-refractivity contribution in [3.63, 3.8) is 0 Å². The quantitative estimate of drug-likeness (QED) is 0.522. The monoisotopic (exact) mass is 417 g/mol. The molecule has 1 aliphatic heterocycles. The van der Waals surface area contributed by atoms with Crippen LogP contribution in [-0.4, -0.2) is 5.91 Å². The van der Waals surface area contributed by atoms with E-state index in [1.165, 1.54) is 32.1 Å². The largest absolute Gasteiger partial charge is 0.326 e. The lowest BCUT2D eigenvalue weighted by Gasteiger charge is -2.11. The normalized spacial score (nSPS) is 14.6. The third-order valence-corrected chi connectivity index (χ3v) is 6.42. The summed E-state index contributed by atoms with van der Waals surface area (Å²) in [5.41, 5.74) is 6.17. The number of nitrogens with one attached hydrogen (secondary N) is 1. The van der Waals surface area contributed by atoms with Gasteiger partial charge in [0.2, 0.25) is 5.91 Å². The van der Waals surface area contributed by atoms with Crippen LogP contribution in [-0.2, 0) is 11.2 Å². The molecule has 3 heteroatoms. The SMILES string of the molecule is CC(=O)Nc1cccc(C2=CCC=C(C)SC(CCCc3ccccc3C)=CC2)c1. The number of hydrogen-bond acceptors (Lipinski definition) is 2. The first kappa shape index (κ1) is 22.2. The highest BCUT2D eigenvalue weighted by Gasteiger charge is 2.08. The van der Waals surface area contributed by atoms with Crippen LogP contribution in [0, 0.1) is 6.92 Å². The average molecular weight is 418 g/mol. The van der Waals surface area contributed by atoms with Crippen LogP contribution in [0.25, 0.3) is 5.57 Å². The summed E-state index contributed by atoms with van der Waals surface area (Å²) in [5, 5.41) is 2.89. The van der Waals surface area contributed by atoms with Crippen molar-refractivity contribution in [2.45, 2.75) is 52.9 Å². The molecule has 0 fully saturated rings. The van der Waals surface area contributed by atoms with E-state index in [1.54, 1.807) is 6.92 Å². The summed E-state index contributed by atoms with van der Waals surface area (Å²) in [6, 6.07) is 16.8. The van der Waals surface area contributed by atoms with Gasteiger partial charge in [0.15, 0.2) is 0 Å². The Bertz CT molecular complexity index is 984. The molecule has 0 saturated carbocycles. The van der Waals surface area contributed by atoms with E-state index in [2.05, 4.69) is 73.8 Å². The minimum atomic E-state index is -0.0404. The van der Waals surface area contributed by atoms with Crippen LogP contribution in [0.5, 0.6) is 0 Å². The van der Waals surface area contributed by atoms with E-state index in [4.69, 9.17) is 0 Å². The first-order chi connectivity index (χ1) is 14.5. The van der Waals surface area contributed by atoms with Crippen molar-refractivity contribution in [3.05, 3.63) is 93.3 Å². The molecule has 0 aliphatic carbocycles. The van der Waals surface area contributed by atoms with Crippen LogP contribution in [0.1, 0.15) is 56.2 Å². The van der Waals surface area contributed by atoms with Crippen molar-refractivity contribution in [2.24, 2.45) is 0 Å². The summed E-state index contributed by atoms with van der Waals surface area (Å²) in [4.78, 5) is 14.2. The summed E-state index contributed by atoms with van der Waals surface area (Å²) >= 11 is 1.91. The lowest BCUT2D eigenvalue weighted by molar-refractivity contribution is -0.114. The molecule has 3 rings (SSSR count). The smallest absolute Gasteiger partial charge is 0.221 e. The average Bonchev–Trinajstić information content (AvgIpc) is 2.79. The molecule has 1 amide bonds. The fraction of sp³-hybridized carbons (Fsp3) is 0.296. The first-order valence-electron chi connectivity index (χ1n) is 10.7. The molecule has 0 bridgehead atoms. The van der Waals surface area contributed by atoms with Crippen LogP contribution in [0.4, 0.5) is 5.69 Å². The van der Waals surface area contributed by atoms with Gasteiger partial charge < -0.3 is 5.32 Å². The maximum atomic E-state index is 11.4. The van der Waals surface area contributed by atoms with E-state index in [0.717, 1.165) is 37.8 Å². The molecule has 1 N–H and O–H groups in total. The fourth-order valence-electron chi connectivity index (χ4n) is 3.70. The van der Waals surface area contributed by atoms with E-state index >= 15 is 0 Å². The van der Waals surface area contributed by atoms with Gasteiger partial charge in [-0.25, -0.2) is 0 Å². The van der Waals surface area contributed by atoms with Crippen LogP contribution >= 0.6 is 11.8 Å². The Labute approximate surface area is 185 Å². The lowest BCUT2D eigenvalue weighted by atomic mass is 9.99. The number of carbonyl (C=O) groups is 1. The zero-order valence-electron chi connectivity index (χ0n) is 18.2. The second-order valence-electron chi connectivity index (χ2n) is 7.80. The van der Waals surface area contributed by atoms with E-state index < -0.39 is 0 Å². The molecule has 1 aliphatic rings. The number of hydrogen-bond donors (Lipinski definition) is 1. The Kier molecular flexibility index (Phi) is 8.15. The highest BCUT2D eigenvalue weighted by molar-refractivity contribution is 8.06. The summed E-state index contributed by atoms with van der Waals surface area (Å²) in [6.45, 7) is 5.95. The summed E-state index contributed by atoms with van der Waals surface area (Å²) in [7, 11) is 0. The zero-order chi connectivity index (χ0) is 21.3. The lowest BCUT2D eigenvalue weighted by Crippen LogP contribution is -2.05.